The summed E-state index contributed by atoms with van der Waals surface area (Å²) in [6, 6.07) is 6.25. The zero-order valence-electron chi connectivity index (χ0n) is 9.61. The van der Waals surface area contributed by atoms with Crippen LogP contribution in [0, 0.1) is 5.82 Å². The zero-order valence-corrected chi connectivity index (χ0v) is 9.61. The third-order valence-corrected chi connectivity index (χ3v) is 2.25. The van der Waals surface area contributed by atoms with Crippen LogP contribution in [-0.2, 0) is 13.0 Å². The normalized spacial score (nSPS) is 10.5. The van der Waals surface area contributed by atoms with Gasteiger partial charge in [-0.2, -0.15) is 4.98 Å². The molecule has 4 nitrogen and oxygen atoms in total. The molecule has 5 heteroatoms. The van der Waals surface area contributed by atoms with Gasteiger partial charge in [-0.15, -0.1) is 0 Å². The van der Waals surface area contributed by atoms with Crippen molar-refractivity contribution in [2.45, 2.75) is 26.3 Å². The van der Waals surface area contributed by atoms with Crippen molar-refractivity contribution in [1.29, 1.82) is 0 Å². The van der Waals surface area contributed by atoms with Gasteiger partial charge in [0, 0.05) is 12.1 Å². The molecule has 0 amide bonds. The zero-order chi connectivity index (χ0) is 12.1. The second-order valence-electron chi connectivity index (χ2n) is 3.72. The van der Waals surface area contributed by atoms with Crippen molar-refractivity contribution in [3.05, 3.63) is 41.8 Å². The minimum atomic E-state index is -0.271. The smallest absolute Gasteiger partial charge is 0.245 e. The minimum Gasteiger partial charge on any atom is -0.376 e. The lowest BCUT2D eigenvalue weighted by Gasteiger charge is -2.02. The highest BCUT2D eigenvalue weighted by Crippen LogP contribution is 2.10. The number of hydrogen-bond donors (Lipinski definition) is 1. The summed E-state index contributed by atoms with van der Waals surface area (Å²) in [6.45, 7) is 2.46. The standard InChI is InChI=1S/C12H14FN3O/c1-2-4-11-15-12(17-16-11)8-14-10-6-3-5-9(13)7-10/h3,5-7,14H,2,4,8H2,1H3. The molecule has 0 saturated carbocycles. The first kappa shape index (κ1) is 11.6. The Hall–Kier alpha value is -1.91. The average Bonchev–Trinajstić information content (AvgIpc) is 2.75. The molecular formula is C12H14FN3O. The Morgan fingerprint density at radius 2 is 2.29 bits per heavy atom. The van der Waals surface area contributed by atoms with Gasteiger partial charge in [0.25, 0.3) is 0 Å². The topological polar surface area (TPSA) is 51.0 Å². The predicted octanol–water partition coefficient (Wildman–Crippen LogP) is 2.77. The Bertz CT molecular complexity index is 484. The molecule has 0 aliphatic heterocycles. The van der Waals surface area contributed by atoms with E-state index in [0.29, 0.717) is 23.9 Å². The van der Waals surface area contributed by atoms with Crippen molar-refractivity contribution in [2.75, 3.05) is 5.32 Å². The van der Waals surface area contributed by atoms with E-state index < -0.39 is 0 Å². The molecule has 1 aromatic heterocycles. The van der Waals surface area contributed by atoms with E-state index in [2.05, 4.69) is 22.4 Å². The molecule has 0 radical (unpaired) electrons. The molecule has 0 aliphatic carbocycles. The number of benzene rings is 1. The van der Waals surface area contributed by atoms with E-state index in [0.717, 1.165) is 12.8 Å². The fourth-order valence-electron chi connectivity index (χ4n) is 1.46. The van der Waals surface area contributed by atoms with Crippen molar-refractivity contribution in [2.24, 2.45) is 0 Å². The van der Waals surface area contributed by atoms with Gasteiger partial charge in [0.1, 0.15) is 5.82 Å². The SMILES string of the molecule is CCCc1noc(CNc2cccc(F)c2)n1. The van der Waals surface area contributed by atoms with E-state index in [-0.39, 0.29) is 5.82 Å². The number of halogens is 1. The molecule has 0 atom stereocenters. The van der Waals surface area contributed by atoms with Gasteiger partial charge in [0.05, 0.1) is 6.54 Å². The monoisotopic (exact) mass is 235 g/mol. The summed E-state index contributed by atoms with van der Waals surface area (Å²) in [6.07, 6.45) is 1.79. The lowest BCUT2D eigenvalue weighted by molar-refractivity contribution is 0.377. The number of hydrogen-bond acceptors (Lipinski definition) is 4. The molecule has 0 saturated heterocycles. The third-order valence-electron chi connectivity index (χ3n) is 2.25. The fraction of sp³-hybridized carbons (Fsp3) is 0.333. The first-order chi connectivity index (χ1) is 8.28. The van der Waals surface area contributed by atoms with Crippen molar-refractivity contribution in [3.63, 3.8) is 0 Å². The third kappa shape index (κ3) is 3.27. The van der Waals surface area contributed by atoms with Gasteiger partial charge >= 0.3 is 0 Å². The molecule has 1 aromatic carbocycles. The van der Waals surface area contributed by atoms with Crippen molar-refractivity contribution in [3.8, 4) is 0 Å². The summed E-state index contributed by atoms with van der Waals surface area (Å²) < 4.78 is 18.0. The van der Waals surface area contributed by atoms with Crippen LogP contribution >= 0.6 is 0 Å². The van der Waals surface area contributed by atoms with E-state index in [1.165, 1.54) is 12.1 Å². The van der Waals surface area contributed by atoms with Gasteiger partial charge in [-0.1, -0.05) is 18.1 Å². The lowest BCUT2D eigenvalue weighted by atomic mass is 10.3. The molecule has 0 aliphatic rings. The van der Waals surface area contributed by atoms with Crippen LogP contribution in [0.5, 0.6) is 0 Å². The van der Waals surface area contributed by atoms with E-state index >= 15 is 0 Å². The average molecular weight is 235 g/mol. The summed E-state index contributed by atoms with van der Waals surface area (Å²) >= 11 is 0. The first-order valence-corrected chi connectivity index (χ1v) is 5.59. The molecule has 0 spiro atoms. The Balaban J connectivity index is 1.93. The summed E-state index contributed by atoms with van der Waals surface area (Å²) in [4.78, 5) is 4.20. The Labute approximate surface area is 98.8 Å². The van der Waals surface area contributed by atoms with Crippen molar-refractivity contribution >= 4 is 5.69 Å². The maximum absolute atomic E-state index is 12.9. The van der Waals surface area contributed by atoms with Crippen LogP contribution in [0.15, 0.2) is 28.8 Å². The van der Waals surface area contributed by atoms with Gasteiger partial charge in [0.15, 0.2) is 5.82 Å². The second kappa shape index (κ2) is 5.43. The molecule has 90 valence electrons. The van der Waals surface area contributed by atoms with Gasteiger partial charge in [-0.25, -0.2) is 4.39 Å². The molecule has 1 N–H and O–H groups in total. The molecule has 0 bridgehead atoms. The van der Waals surface area contributed by atoms with Crippen LogP contribution < -0.4 is 5.32 Å². The van der Waals surface area contributed by atoms with Crippen molar-refractivity contribution in [1.82, 2.24) is 10.1 Å². The minimum absolute atomic E-state index is 0.271. The van der Waals surface area contributed by atoms with E-state index in [1.807, 2.05) is 0 Å². The Morgan fingerprint density at radius 1 is 1.41 bits per heavy atom. The van der Waals surface area contributed by atoms with E-state index in [9.17, 15) is 4.39 Å². The number of nitrogens with one attached hydrogen (secondary N) is 1. The van der Waals surface area contributed by atoms with Gasteiger partial charge in [0.2, 0.25) is 5.89 Å². The summed E-state index contributed by atoms with van der Waals surface area (Å²) in [7, 11) is 0. The summed E-state index contributed by atoms with van der Waals surface area (Å²) in [5, 5.41) is 6.86. The highest BCUT2D eigenvalue weighted by atomic mass is 19.1. The maximum atomic E-state index is 12.9. The van der Waals surface area contributed by atoms with Crippen LogP contribution in [0.2, 0.25) is 0 Å². The van der Waals surface area contributed by atoms with Crippen LogP contribution in [-0.4, -0.2) is 10.1 Å². The highest BCUT2D eigenvalue weighted by Gasteiger charge is 2.05. The molecule has 17 heavy (non-hydrogen) atoms. The largest absolute Gasteiger partial charge is 0.376 e. The van der Waals surface area contributed by atoms with Crippen molar-refractivity contribution < 1.29 is 8.91 Å². The number of rotatable bonds is 5. The summed E-state index contributed by atoms with van der Waals surface area (Å²) in [5.74, 6) is 0.952. The fourth-order valence-corrected chi connectivity index (χ4v) is 1.46. The van der Waals surface area contributed by atoms with Gasteiger partial charge in [-0.05, 0) is 24.6 Å². The molecule has 1 heterocycles. The quantitative estimate of drug-likeness (QED) is 0.865. The molecule has 2 rings (SSSR count). The molecular weight excluding hydrogens is 221 g/mol. The van der Waals surface area contributed by atoms with Crippen LogP contribution in [0.1, 0.15) is 25.1 Å². The van der Waals surface area contributed by atoms with E-state index in [4.69, 9.17) is 4.52 Å². The second-order valence-corrected chi connectivity index (χ2v) is 3.72. The lowest BCUT2D eigenvalue weighted by Crippen LogP contribution is -2.00. The number of aryl methyl sites for hydroxylation is 1. The highest BCUT2D eigenvalue weighted by molar-refractivity contribution is 5.42. The molecule has 0 unspecified atom stereocenters. The Kier molecular flexibility index (Phi) is 3.69. The van der Waals surface area contributed by atoms with Crippen LogP contribution in [0.4, 0.5) is 10.1 Å². The number of anilines is 1. The first-order valence-electron chi connectivity index (χ1n) is 5.59. The number of nitrogens with zero attached hydrogens (tertiary/aromatic N) is 2. The molecule has 0 fully saturated rings. The predicted molar refractivity (Wildman–Crippen MR) is 62.0 cm³/mol. The summed E-state index contributed by atoms with van der Waals surface area (Å²) in [5.41, 5.74) is 0.695. The maximum Gasteiger partial charge on any atom is 0.245 e. The van der Waals surface area contributed by atoms with Gasteiger partial charge in [-0.3, -0.25) is 0 Å². The van der Waals surface area contributed by atoms with Crippen LogP contribution in [0.25, 0.3) is 0 Å². The Morgan fingerprint density at radius 3 is 3.06 bits per heavy atom. The van der Waals surface area contributed by atoms with Gasteiger partial charge < -0.3 is 9.84 Å². The number of aromatic nitrogens is 2. The van der Waals surface area contributed by atoms with E-state index in [1.54, 1.807) is 12.1 Å². The molecule has 2 aromatic rings. The van der Waals surface area contributed by atoms with Crippen LogP contribution in [0.3, 0.4) is 0 Å².